The molecule has 0 aliphatic carbocycles. The summed E-state index contributed by atoms with van der Waals surface area (Å²) in [5, 5.41) is 5.78. The Morgan fingerprint density at radius 2 is 1.64 bits per heavy atom. The first kappa shape index (κ1) is 17.8. The van der Waals surface area contributed by atoms with E-state index in [1.165, 1.54) is 0 Å². The number of para-hydroxylation sites is 1. The summed E-state index contributed by atoms with van der Waals surface area (Å²) in [4.78, 5) is 24.2. The lowest BCUT2D eigenvalue weighted by molar-refractivity contribution is -0.116. The minimum absolute atomic E-state index is 0.0220. The molecule has 0 aromatic heterocycles. The average Bonchev–Trinajstić information content (AvgIpc) is 2.90. The van der Waals surface area contributed by atoms with E-state index in [4.69, 9.17) is 4.74 Å². The third kappa shape index (κ3) is 4.20. The van der Waals surface area contributed by atoms with E-state index in [2.05, 4.69) is 10.6 Å². The summed E-state index contributed by atoms with van der Waals surface area (Å²) in [6, 6.07) is 22.1. The van der Waals surface area contributed by atoms with Crippen LogP contribution in [0.15, 0.2) is 72.8 Å². The Bertz CT molecular complexity index is 998. The smallest absolute Gasteiger partial charge is 0.255 e. The lowest BCUT2D eigenvalue weighted by atomic mass is 10.0. The summed E-state index contributed by atoms with van der Waals surface area (Å²) in [7, 11) is 0. The number of ether oxygens (including phenoxy) is 1. The van der Waals surface area contributed by atoms with Crippen LogP contribution in [0, 0.1) is 0 Å². The van der Waals surface area contributed by atoms with Gasteiger partial charge in [-0.2, -0.15) is 0 Å². The monoisotopic (exact) mass is 372 g/mol. The Kier molecular flexibility index (Phi) is 5.06. The molecule has 2 N–H and O–H groups in total. The zero-order valence-corrected chi connectivity index (χ0v) is 15.3. The van der Waals surface area contributed by atoms with Crippen LogP contribution in [0.4, 0.5) is 11.4 Å². The summed E-state index contributed by atoms with van der Waals surface area (Å²) in [6.45, 7) is 0. The zero-order valence-electron chi connectivity index (χ0n) is 15.3. The molecule has 2 amide bonds. The van der Waals surface area contributed by atoms with Gasteiger partial charge in [-0.1, -0.05) is 18.2 Å². The van der Waals surface area contributed by atoms with Gasteiger partial charge in [-0.15, -0.1) is 0 Å². The fourth-order valence-electron chi connectivity index (χ4n) is 3.15. The Hall–Kier alpha value is -3.60. The van der Waals surface area contributed by atoms with Crippen molar-refractivity contribution in [1.29, 1.82) is 0 Å². The van der Waals surface area contributed by atoms with Crippen LogP contribution in [-0.4, -0.2) is 11.8 Å². The number of hydrogen-bond donors (Lipinski definition) is 2. The summed E-state index contributed by atoms with van der Waals surface area (Å²) >= 11 is 0. The molecule has 5 nitrogen and oxygen atoms in total. The minimum Gasteiger partial charge on any atom is -0.457 e. The number of benzene rings is 3. The molecule has 28 heavy (non-hydrogen) atoms. The normalized spacial score (nSPS) is 13.1. The number of hydrogen-bond acceptors (Lipinski definition) is 3. The van der Waals surface area contributed by atoms with Gasteiger partial charge < -0.3 is 15.4 Å². The molecular formula is C23H20N2O3. The van der Waals surface area contributed by atoms with Crippen LogP contribution in [0.1, 0.15) is 28.8 Å². The molecule has 0 saturated heterocycles. The molecule has 0 unspecified atom stereocenters. The van der Waals surface area contributed by atoms with Gasteiger partial charge in [0.1, 0.15) is 11.5 Å². The lowest BCUT2D eigenvalue weighted by Gasteiger charge is -2.11. The maximum Gasteiger partial charge on any atom is 0.255 e. The number of fused-ring (bicyclic) bond motifs is 1. The predicted molar refractivity (Wildman–Crippen MR) is 109 cm³/mol. The third-order valence-electron chi connectivity index (χ3n) is 4.58. The molecule has 0 radical (unpaired) electrons. The van der Waals surface area contributed by atoms with Gasteiger partial charge >= 0.3 is 0 Å². The maximum atomic E-state index is 12.6. The van der Waals surface area contributed by atoms with E-state index in [-0.39, 0.29) is 11.8 Å². The molecular weight excluding hydrogens is 352 g/mol. The molecule has 140 valence electrons. The van der Waals surface area contributed by atoms with E-state index < -0.39 is 0 Å². The molecule has 0 spiro atoms. The number of carbonyl (C=O) groups excluding carboxylic acids is 2. The Balaban J connectivity index is 1.43. The van der Waals surface area contributed by atoms with Crippen LogP contribution in [0.5, 0.6) is 11.5 Å². The number of amides is 2. The zero-order chi connectivity index (χ0) is 19.3. The molecule has 1 aliphatic rings. The van der Waals surface area contributed by atoms with Crippen LogP contribution < -0.4 is 15.4 Å². The van der Waals surface area contributed by atoms with Crippen molar-refractivity contribution in [1.82, 2.24) is 0 Å². The predicted octanol–water partition coefficient (Wildman–Crippen LogP) is 5.01. The number of aryl methyl sites for hydroxylation is 1. The number of carbonyl (C=O) groups is 2. The van der Waals surface area contributed by atoms with E-state index in [9.17, 15) is 9.59 Å². The van der Waals surface area contributed by atoms with Crippen molar-refractivity contribution in [2.45, 2.75) is 19.3 Å². The van der Waals surface area contributed by atoms with E-state index >= 15 is 0 Å². The number of anilines is 2. The van der Waals surface area contributed by atoms with Gasteiger partial charge in [-0.25, -0.2) is 0 Å². The van der Waals surface area contributed by atoms with Gasteiger partial charge in [0.25, 0.3) is 5.91 Å². The minimum atomic E-state index is -0.185. The second-order valence-corrected chi connectivity index (χ2v) is 6.67. The Labute approximate surface area is 163 Å². The van der Waals surface area contributed by atoms with Crippen molar-refractivity contribution < 1.29 is 14.3 Å². The van der Waals surface area contributed by atoms with Gasteiger partial charge in [0.2, 0.25) is 5.91 Å². The largest absolute Gasteiger partial charge is 0.457 e. The lowest BCUT2D eigenvalue weighted by Crippen LogP contribution is -2.13. The summed E-state index contributed by atoms with van der Waals surface area (Å²) in [5.74, 6) is 1.30. The molecule has 1 aliphatic heterocycles. The van der Waals surface area contributed by atoms with Crippen molar-refractivity contribution in [2.75, 3.05) is 10.6 Å². The van der Waals surface area contributed by atoms with E-state index in [0.29, 0.717) is 23.4 Å². The Morgan fingerprint density at radius 3 is 2.43 bits per heavy atom. The molecule has 1 heterocycles. The van der Waals surface area contributed by atoms with Gasteiger partial charge in [0.15, 0.2) is 0 Å². The molecule has 5 heteroatoms. The number of rotatable bonds is 4. The quantitative estimate of drug-likeness (QED) is 0.677. The van der Waals surface area contributed by atoms with E-state index in [0.717, 1.165) is 29.8 Å². The van der Waals surface area contributed by atoms with Gasteiger partial charge in [0.05, 0.1) is 0 Å². The first-order chi connectivity index (χ1) is 13.7. The molecule has 0 fully saturated rings. The third-order valence-corrected chi connectivity index (χ3v) is 4.58. The van der Waals surface area contributed by atoms with Crippen molar-refractivity contribution in [3.63, 3.8) is 0 Å². The SMILES string of the molecule is O=C1CCCc2cc(C(=O)Nc3ccc(Oc4ccccc4)cc3)ccc2N1. The second kappa shape index (κ2) is 7.96. The molecule has 0 bridgehead atoms. The first-order valence-electron chi connectivity index (χ1n) is 9.24. The highest BCUT2D eigenvalue weighted by atomic mass is 16.5. The van der Waals surface area contributed by atoms with Gasteiger partial charge in [0, 0.05) is 23.4 Å². The molecule has 4 rings (SSSR count). The van der Waals surface area contributed by atoms with Crippen LogP contribution in [0.25, 0.3) is 0 Å². The van der Waals surface area contributed by atoms with Gasteiger partial charge in [-0.05, 0) is 73.0 Å². The van der Waals surface area contributed by atoms with Crippen molar-refractivity contribution in [3.05, 3.63) is 83.9 Å². The highest BCUT2D eigenvalue weighted by Gasteiger charge is 2.15. The standard InChI is InChI=1S/C23H20N2O3/c26-22-8-4-5-16-15-17(9-14-21(16)25-22)23(27)24-18-10-12-20(13-11-18)28-19-6-2-1-3-7-19/h1-3,6-7,9-15H,4-5,8H2,(H,24,27)(H,25,26). The highest BCUT2D eigenvalue weighted by molar-refractivity contribution is 6.05. The summed E-state index contributed by atoms with van der Waals surface area (Å²) < 4.78 is 5.76. The topological polar surface area (TPSA) is 67.4 Å². The Morgan fingerprint density at radius 1 is 0.893 bits per heavy atom. The summed E-state index contributed by atoms with van der Waals surface area (Å²) in [6.07, 6.45) is 2.07. The van der Waals surface area contributed by atoms with Gasteiger partial charge in [-0.3, -0.25) is 9.59 Å². The molecule has 0 saturated carbocycles. The molecule has 3 aromatic rings. The van der Waals surface area contributed by atoms with E-state index in [1.54, 1.807) is 24.3 Å². The van der Waals surface area contributed by atoms with Crippen LogP contribution in [0.3, 0.4) is 0 Å². The maximum absolute atomic E-state index is 12.6. The molecule has 3 aromatic carbocycles. The average molecular weight is 372 g/mol. The number of nitrogens with one attached hydrogen (secondary N) is 2. The summed E-state index contributed by atoms with van der Waals surface area (Å²) in [5.41, 5.74) is 3.04. The van der Waals surface area contributed by atoms with Crippen LogP contribution in [-0.2, 0) is 11.2 Å². The fourth-order valence-corrected chi connectivity index (χ4v) is 3.15. The highest BCUT2D eigenvalue weighted by Crippen LogP contribution is 2.25. The van der Waals surface area contributed by atoms with E-state index in [1.807, 2.05) is 48.5 Å². The first-order valence-corrected chi connectivity index (χ1v) is 9.24. The fraction of sp³-hybridized carbons (Fsp3) is 0.130. The van der Waals surface area contributed by atoms with Crippen molar-refractivity contribution >= 4 is 23.2 Å². The van der Waals surface area contributed by atoms with Crippen molar-refractivity contribution in [2.24, 2.45) is 0 Å². The van der Waals surface area contributed by atoms with Crippen molar-refractivity contribution in [3.8, 4) is 11.5 Å². The van der Waals surface area contributed by atoms with Crippen LogP contribution in [0.2, 0.25) is 0 Å². The second-order valence-electron chi connectivity index (χ2n) is 6.67. The van der Waals surface area contributed by atoms with Crippen LogP contribution >= 0.6 is 0 Å². The molecule has 0 atom stereocenters.